The van der Waals surface area contributed by atoms with Crippen LogP contribution in [0.3, 0.4) is 0 Å². The van der Waals surface area contributed by atoms with Crippen LogP contribution >= 0.6 is 24.8 Å². The predicted octanol–water partition coefficient (Wildman–Crippen LogP) is 2.44. The average Bonchev–Trinajstić information content (AvgIpc) is 2.39. The van der Waals surface area contributed by atoms with Gasteiger partial charge >= 0.3 is 6.18 Å². The number of pyridine rings is 1. The lowest BCUT2D eigenvalue weighted by molar-refractivity contribution is -0.188. The van der Waals surface area contributed by atoms with Crippen molar-refractivity contribution in [3.63, 3.8) is 0 Å². The van der Waals surface area contributed by atoms with E-state index in [1.807, 2.05) is 0 Å². The van der Waals surface area contributed by atoms with Gasteiger partial charge in [-0.25, -0.2) is 4.98 Å². The monoisotopic (exact) mass is 347 g/mol. The maximum absolute atomic E-state index is 13.3. The fourth-order valence-corrected chi connectivity index (χ4v) is 2.22. The number of nitrogens with one attached hydrogen (secondary N) is 1. The van der Waals surface area contributed by atoms with Gasteiger partial charge in [-0.1, -0.05) is 6.07 Å². The molecule has 21 heavy (non-hydrogen) atoms. The molecule has 0 aromatic carbocycles. The van der Waals surface area contributed by atoms with Crippen LogP contribution in [0.25, 0.3) is 0 Å². The van der Waals surface area contributed by atoms with Gasteiger partial charge in [0, 0.05) is 38.4 Å². The summed E-state index contributed by atoms with van der Waals surface area (Å²) in [6.45, 7) is 1.87. The molecule has 0 unspecified atom stereocenters. The van der Waals surface area contributed by atoms with Crippen LogP contribution in [-0.4, -0.2) is 49.3 Å². The number of halogens is 5. The van der Waals surface area contributed by atoms with E-state index in [4.69, 9.17) is 4.74 Å². The van der Waals surface area contributed by atoms with Gasteiger partial charge in [0.25, 0.3) is 0 Å². The molecule has 0 radical (unpaired) electrons. The number of piperazine rings is 1. The van der Waals surface area contributed by atoms with Gasteiger partial charge in [-0.05, 0) is 5.56 Å². The van der Waals surface area contributed by atoms with E-state index in [9.17, 15) is 13.2 Å². The summed E-state index contributed by atoms with van der Waals surface area (Å²) in [4.78, 5) is 5.29. The Morgan fingerprint density at radius 1 is 1.24 bits per heavy atom. The second-order valence-corrected chi connectivity index (χ2v) is 4.36. The zero-order valence-electron chi connectivity index (χ0n) is 11.4. The van der Waals surface area contributed by atoms with Crippen molar-refractivity contribution in [2.75, 3.05) is 33.3 Å². The van der Waals surface area contributed by atoms with Crippen molar-refractivity contribution in [1.82, 2.24) is 15.2 Å². The van der Waals surface area contributed by atoms with Crippen LogP contribution in [-0.2, 0) is 0 Å². The lowest BCUT2D eigenvalue weighted by Crippen LogP contribution is -2.49. The summed E-state index contributed by atoms with van der Waals surface area (Å²) in [5.41, 5.74) is 0.148. The summed E-state index contributed by atoms with van der Waals surface area (Å²) in [5, 5.41) is 3.05. The van der Waals surface area contributed by atoms with Crippen molar-refractivity contribution in [3.8, 4) is 5.88 Å². The molecule has 1 aliphatic heterocycles. The molecule has 4 nitrogen and oxygen atoms in total. The van der Waals surface area contributed by atoms with Crippen LogP contribution in [0.4, 0.5) is 13.2 Å². The molecule has 1 atom stereocenters. The van der Waals surface area contributed by atoms with Crippen molar-refractivity contribution in [3.05, 3.63) is 23.9 Å². The summed E-state index contributed by atoms with van der Waals surface area (Å²) in [6, 6.07) is 1.27. The molecule has 122 valence electrons. The van der Waals surface area contributed by atoms with Gasteiger partial charge in [-0.3, -0.25) is 4.90 Å². The molecule has 2 rings (SSSR count). The molecule has 1 N–H and O–H groups in total. The third kappa shape index (κ3) is 5.18. The van der Waals surface area contributed by atoms with E-state index in [1.54, 1.807) is 0 Å². The SMILES string of the molecule is COc1ccc([C@@H](N2CCNCC2)C(F)(F)F)cn1.Cl.Cl. The van der Waals surface area contributed by atoms with Crippen LogP contribution in [0.1, 0.15) is 11.6 Å². The van der Waals surface area contributed by atoms with Crippen molar-refractivity contribution in [1.29, 1.82) is 0 Å². The molecule has 1 saturated heterocycles. The van der Waals surface area contributed by atoms with E-state index >= 15 is 0 Å². The van der Waals surface area contributed by atoms with E-state index in [-0.39, 0.29) is 30.4 Å². The molecular formula is C12H18Cl2F3N3O. The average molecular weight is 348 g/mol. The van der Waals surface area contributed by atoms with Crippen molar-refractivity contribution < 1.29 is 17.9 Å². The molecule has 0 spiro atoms. The minimum atomic E-state index is -4.31. The van der Waals surface area contributed by atoms with Gasteiger partial charge in [0.15, 0.2) is 0 Å². The van der Waals surface area contributed by atoms with Crippen LogP contribution < -0.4 is 10.1 Å². The van der Waals surface area contributed by atoms with Crippen LogP contribution in [0.2, 0.25) is 0 Å². The largest absolute Gasteiger partial charge is 0.481 e. The van der Waals surface area contributed by atoms with E-state index in [2.05, 4.69) is 10.3 Å². The summed E-state index contributed by atoms with van der Waals surface area (Å²) >= 11 is 0. The van der Waals surface area contributed by atoms with E-state index in [0.717, 1.165) is 0 Å². The van der Waals surface area contributed by atoms with Crippen molar-refractivity contribution >= 4 is 24.8 Å². The second kappa shape index (κ2) is 8.63. The van der Waals surface area contributed by atoms with E-state index in [1.165, 1.54) is 30.3 Å². The molecule has 0 amide bonds. The Labute approximate surface area is 133 Å². The standard InChI is InChI=1S/C12H16F3N3O.2ClH/c1-19-10-3-2-9(8-17-10)11(12(13,14)15)18-6-4-16-5-7-18;;/h2-3,8,11,16H,4-7H2,1H3;2*1H/t11-;;/m1../s1. The maximum Gasteiger partial charge on any atom is 0.408 e. The predicted molar refractivity (Wildman–Crippen MR) is 78.5 cm³/mol. The first-order valence-corrected chi connectivity index (χ1v) is 6.04. The number of methoxy groups -OCH3 is 1. The van der Waals surface area contributed by atoms with Gasteiger partial charge in [0.05, 0.1) is 7.11 Å². The zero-order chi connectivity index (χ0) is 13.9. The first-order valence-electron chi connectivity index (χ1n) is 6.04. The number of ether oxygens (including phenoxy) is 1. The van der Waals surface area contributed by atoms with Crippen molar-refractivity contribution in [2.45, 2.75) is 12.2 Å². The number of hydrogen-bond acceptors (Lipinski definition) is 4. The number of rotatable bonds is 3. The summed E-state index contributed by atoms with van der Waals surface area (Å²) in [5.74, 6) is 0.310. The smallest absolute Gasteiger partial charge is 0.408 e. The quantitative estimate of drug-likeness (QED) is 0.911. The van der Waals surface area contributed by atoms with Crippen LogP contribution in [0, 0.1) is 0 Å². The van der Waals surface area contributed by atoms with E-state index < -0.39 is 12.2 Å². The van der Waals surface area contributed by atoms with Gasteiger partial charge in [-0.2, -0.15) is 13.2 Å². The first-order chi connectivity index (χ1) is 9.02. The third-order valence-corrected chi connectivity index (χ3v) is 3.11. The molecule has 1 aliphatic rings. The fraction of sp³-hybridized carbons (Fsp3) is 0.583. The molecule has 1 aromatic rings. The second-order valence-electron chi connectivity index (χ2n) is 4.36. The number of aromatic nitrogens is 1. The molecule has 1 fully saturated rings. The Kier molecular flexibility index (Phi) is 8.31. The summed E-state index contributed by atoms with van der Waals surface area (Å²) in [6.07, 6.45) is -3.08. The Balaban J connectivity index is 0.00000200. The lowest BCUT2D eigenvalue weighted by atomic mass is 10.1. The van der Waals surface area contributed by atoms with Gasteiger partial charge in [0.1, 0.15) is 6.04 Å². The Hall–Kier alpha value is -0.760. The Morgan fingerprint density at radius 2 is 1.86 bits per heavy atom. The highest BCUT2D eigenvalue weighted by Gasteiger charge is 2.45. The molecule has 1 aromatic heterocycles. The summed E-state index contributed by atoms with van der Waals surface area (Å²) in [7, 11) is 1.43. The summed E-state index contributed by atoms with van der Waals surface area (Å²) < 4.78 is 44.6. The number of hydrogen-bond donors (Lipinski definition) is 1. The van der Waals surface area contributed by atoms with Crippen molar-refractivity contribution in [2.24, 2.45) is 0 Å². The van der Waals surface area contributed by atoms with Crippen LogP contribution in [0.5, 0.6) is 5.88 Å². The van der Waals surface area contributed by atoms with Gasteiger partial charge in [0.2, 0.25) is 5.88 Å². The fourth-order valence-electron chi connectivity index (χ4n) is 2.22. The van der Waals surface area contributed by atoms with Gasteiger partial charge < -0.3 is 10.1 Å². The third-order valence-electron chi connectivity index (χ3n) is 3.11. The number of alkyl halides is 3. The minimum Gasteiger partial charge on any atom is -0.481 e. The molecular weight excluding hydrogens is 330 g/mol. The van der Waals surface area contributed by atoms with Crippen LogP contribution in [0.15, 0.2) is 18.3 Å². The molecule has 0 bridgehead atoms. The minimum absolute atomic E-state index is 0. The lowest BCUT2D eigenvalue weighted by Gasteiger charge is -2.36. The number of nitrogens with zero attached hydrogens (tertiary/aromatic N) is 2. The highest BCUT2D eigenvalue weighted by molar-refractivity contribution is 5.85. The molecule has 0 aliphatic carbocycles. The van der Waals surface area contributed by atoms with E-state index in [0.29, 0.717) is 32.1 Å². The Bertz CT molecular complexity index is 411. The first kappa shape index (κ1) is 20.2. The topological polar surface area (TPSA) is 37.4 Å². The zero-order valence-corrected chi connectivity index (χ0v) is 13.0. The normalized spacial score (nSPS) is 17.3. The maximum atomic E-state index is 13.3. The molecule has 2 heterocycles. The molecule has 0 saturated carbocycles. The highest BCUT2D eigenvalue weighted by Crippen LogP contribution is 2.37. The van der Waals surface area contributed by atoms with Gasteiger partial charge in [-0.15, -0.1) is 24.8 Å². The Morgan fingerprint density at radius 3 is 2.29 bits per heavy atom. The molecule has 9 heteroatoms. The highest BCUT2D eigenvalue weighted by atomic mass is 35.5.